The van der Waals surface area contributed by atoms with Gasteiger partial charge in [-0.3, -0.25) is 4.79 Å². The minimum atomic E-state index is -0.274. The molecule has 1 atom stereocenters. The van der Waals surface area contributed by atoms with Crippen molar-refractivity contribution in [1.82, 2.24) is 0 Å². The second-order valence-corrected chi connectivity index (χ2v) is 3.80. The zero-order valence-corrected chi connectivity index (χ0v) is 10.2. The highest BCUT2D eigenvalue weighted by molar-refractivity contribution is 6.32. The van der Waals surface area contributed by atoms with Gasteiger partial charge in [-0.1, -0.05) is 30.7 Å². The van der Waals surface area contributed by atoms with Crippen LogP contribution in [0.3, 0.4) is 0 Å². The van der Waals surface area contributed by atoms with Crippen molar-refractivity contribution in [3.05, 3.63) is 29.3 Å². The van der Waals surface area contributed by atoms with Crippen molar-refractivity contribution in [2.45, 2.75) is 26.4 Å². The fourth-order valence-corrected chi connectivity index (χ4v) is 1.30. The molecule has 4 heteroatoms. The van der Waals surface area contributed by atoms with E-state index in [0.717, 1.165) is 0 Å². The number of ether oxygens (including phenoxy) is 2. The van der Waals surface area contributed by atoms with Crippen LogP contribution in [0.25, 0.3) is 0 Å². The number of esters is 1. The second kappa shape index (κ2) is 6.38. The molecule has 0 aliphatic carbocycles. The van der Waals surface area contributed by atoms with Gasteiger partial charge in [0, 0.05) is 6.42 Å². The van der Waals surface area contributed by atoms with Crippen molar-refractivity contribution in [3.8, 4) is 5.75 Å². The Balaban J connectivity index is 2.40. The third-order valence-electron chi connectivity index (χ3n) is 1.93. The molecule has 0 heterocycles. The lowest BCUT2D eigenvalue weighted by atomic mass is 10.3. The first-order valence-corrected chi connectivity index (χ1v) is 5.58. The summed E-state index contributed by atoms with van der Waals surface area (Å²) in [4.78, 5) is 11.0. The Bertz CT molecular complexity index is 352. The zero-order valence-electron chi connectivity index (χ0n) is 9.40. The Morgan fingerprint density at radius 3 is 2.75 bits per heavy atom. The smallest absolute Gasteiger partial charge is 0.305 e. The maximum atomic E-state index is 11.0. The third kappa shape index (κ3) is 4.11. The number of carbonyl (C=O) groups excluding carboxylic acids is 1. The van der Waals surface area contributed by atoms with Crippen LogP contribution < -0.4 is 4.74 Å². The SMILES string of the molecule is CCC(=O)O[C@H](C)COc1ccccc1Cl. The Labute approximate surface area is 100 Å². The molecule has 0 bridgehead atoms. The molecule has 88 valence electrons. The summed E-state index contributed by atoms with van der Waals surface area (Å²) in [5, 5.41) is 0.552. The highest BCUT2D eigenvalue weighted by Crippen LogP contribution is 2.23. The molecule has 1 rings (SSSR count). The predicted octanol–water partition coefficient (Wildman–Crippen LogP) is 3.06. The summed E-state index contributed by atoms with van der Waals surface area (Å²) in [5.74, 6) is 0.374. The van der Waals surface area contributed by atoms with Crippen LogP contribution in [0.5, 0.6) is 5.75 Å². The highest BCUT2D eigenvalue weighted by Gasteiger charge is 2.09. The average molecular weight is 243 g/mol. The summed E-state index contributed by atoms with van der Waals surface area (Å²) in [6.45, 7) is 3.84. The monoisotopic (exact) mass is 242 g/mol. The molecule has 0 aliphatic rings. The van der Waals surface area contributed by atoms with Crippen molar-refractivity contribution in [3.63, 3.8) is 0 Å². The Morgan fingerprint density at radius 1 is 1.44 bits per heavy atom. The number of para-hydroxylation sites is 1. The van der Waals surface area contributed by atoms with Gasteiger partial charge in [-0.05, 0) is 19.1 Å². The molecule has 3 nitrogen and oxygen atoms in total. The van der Waals surface area contributed by atoms with Gasteiger partial charge < -0.3 is 9.47 Å². The molecule has 0 saturated heterocycles. The number of halogens is 1. The minimum Gasteiger partial charge on any atom is -0.488 e. The molecule has 0 fully saturated rings. The van der Waals surface area contributed by atoms with E-state index < -0.39 is 0 Å². The van der Waals surface area contributed by atoms with Crippen molar-refractivity contribution in [2.24, 2.45) is 0 Å². The third-order valence-corrected chi connectivity index (χ3v) is 2.24. The van der Waals surface area contributed by atoms with E-state index in [-0.39, 0.29) is 12.1 Å². The van der Waals surface area contributed by atoms with Crippen LogP contribution in [-0.4, -0.2) is 18.7 Å². The molecule has 0 radical (unpaired) electrons. The second-order valence-electron chi connectivity index (χ2n) is 3.40. The van der Waals surface area contributed by atoms with E-state index in [0.29, 0.717) is 23.8 Å². The van der Waals surface area contributed by atoms with Gasteiger partial charge >= 0.3 is 5.97 Å². The Kier molecular flexibility index (Phi) is 5.12. The lowest BCUT2D eigenvalue weighted by Gasteiger charge is -2.14. The van der Waals surface area contributed by atoms with E-state index >= 15 is 0 Å². The topological polar surface area (TPSA) is 35.5 Å². The van der Waals surface area contributed by atoms with Crippen LogP contribution in [0.15, 0.2) is 24.3 Å². The standard InChI is InChI=1S/C12H15ClO3/c1-3-12(14)16-9(2)8-15-11-7-5-4-6-10(11)13/h4-7,9H,3,8H2,1-2H3/t9-/m1/s1. The van der Waals surface area contributed by atoms with Gasteiger partial charge in [0.15, 0.2) is 0 Å². The Hall–Kier alpha value is -1.22. The minimum absolute atomic E-state index is 0.227. The zero-order chi connectivity index (χ0) is 12.0. The summed E-state index contributed by atoms with van der Waals surface area (Å²) < 4.78 is 10.5. The first kappa shape index (κ1) is 12.8. The highest BCUT2D eigenvalue weighted by atomic mass is 35.5. The van der Waals surface area contributed by atoms with Crippen LogP contribution in [0.4, 0.5) is 0 Å². The number of hydrogen-bond acceptors (Lipinski definition) is 3. The lowest BCUT2D eigenvalue weighted by molar-refractivity contribution is -0.149. The number of benzene rings is 1. The van der Waals surface area contributed by atoms with E-state index in [2.05, 4.69) is 0 Å². The molecule has 0 saturated carbocycles. The van der Waals surface area contributed by atoms with Crippen LogP contribution in [0.2, 0.25) is 5.02 Å². The molecule has 16 heavy (non-hydrogen) atoms. The normalized spacial score (nSPS) is 11.9. The van der Waals surface area contributed by atoms with Crippen molar-refractivity contribution in [1.29, 1.82) is 0 Å². The molecule has 0 amide bonds. The van der Waals surface area contributed by atoms with Crippen LogP contribution >= 0.6 is 11.6 Å². The van der Waals surface area contributed by atoms with E-state index in [4.69, 9.17) is 21.1 Å². The van der Waals surface area contributed by atoms with Crippen LogP contribution in [0.1, 0.15) is 20.3 Å². The average Bonchev–Trinajstić information content (AvgIpc) is 2.28. The van der Waals surface area contributed by atoms with Crippen molar-refractivity contribution in [2.75, 3.05) is 6.61 Å². The summed E-state index contributed by atoms with van der Waals surface area (Å²) in [6.07, 6.45) is 0.0971. The van der Waals surface area contributed by atoms with Gasteiger partial charge in [0.25, 0.3) is 0 Å². The van der Waals surface area contributed by atoms with E-state index in [1.807, 2.05) is 12.1 Å². The first-order valence-electron chi connectivity index (χ1n) is 5.20. The van der Waals surface area contributed by atoms with Crippen molar-refractivity contribution < 1.29 is 14.3 Å². The first-order chi connectivity index (χ1) is 7.63. The lowest BCUT2D eigenvalue weighted by Crippen LogP contribution is -2.21. The number of rotatable bonds is 5. The van der Waals surface area contributed by atoms with Gasteiger partial charge in [0.1, 0.15) is 18.5 Å². The van der Waals surface area contributed by atoms with Gasteiger partial charge in [-0.2, -0.15) is 0 Å². The van der Waals surface area contributed by atoms with E-state index in [1.165, 1.54) is 0 Å². The molecule has 1 aromatic carbocycles. The van der Waals surface area contributed by atoms with Gasteiger partial charge in [-0.15, -0.1) is 0 Å². The molecule has 0 aliphatic heterocycles. The molecular weight excluding hydrogens is 228 g/mol. The van der Waals surface area contributed by atoms with E-state index in [9.17, 15) is 4.79 Å². The fourth-order valence-electron chi connectivity index (χ4n) is 1.11. The van der Waals surface area contributed by atoms with Gasteiger partial charge in [-0.25, -0.2) is 0 Å². The molecule has 0 spiro atoms. The van der Waals surface area contributed by atoms with Crippen LogP contribution in [-0.2, 0) is 9.53 Å². The fraction of sp³-hybridized carbons (Fsp3) is 0.417. The Morgan fingerprint density at radius 2 is 2.12 bits per heavy atom. The largest absolute Gasteiger partial charge is 0.488 e. The number of carbonyl (C=O) groups is 1. The maximum absolute atomic E-state index is 11.0. The summed E-state index contributed by atoms with van der Waals surface area (Å²) in [5.41, 5.74) is 0. The van der Waals surface area contributed by atoms with Gasteiger partial charge in [0.05, 0.1) is 5.02 Å². The quantitative estimate of drug-likeness (QED) is 0.745. The molecule has 0 N–H and O–H groups in total. The van der Waals surface area contributed by atoms with Crippen molar-refractivity contribution >= 4 is 17.6 Å². The molecule has 1 aromatic rings. The summed E-state index contributed by atoms with van der Waals surface area (Å²) >= 11 is 5.91. The van der Waals surface area contributed by atoms with Gasteiger partial charge in [0.2, 0.25) is 0 Å². The maximum Gasteiger partial charge on any atom is 0.305 e. The summed E-state index contributed by atoms with van der Waals surface area (Å²) in [6, 6.07) is 7.19. The van der Waals surface area contributed by atoms with E-state index in [1.54, 1.807) is 26.0 Å². The molecule has 0 unspecified atom stereocenters. The predicted molar refractivity (Wildman–Crippen MR) is 62.8 cm³/mol. The molecular formula is C12H15ClO3. The summed E-state index contributed by atoms with van der Waals surface area (Å²) in [7, 11) is 0. The molecule has 0 aromatic heterocycles. The number of hydrogen-bond donors (Lipinski definition) is 0. The van der Waals surface area contributed by atoms with Crippen LogP contribution in [0, 0.1) is 0 Å².